The Morgan fingerprint density at radius 2 is 2.24 bits per heavy atom. The van der Waals surface area contributed by atoms with E-state index >= 15 is 0 Å². The van der Waals surface area contributed by atoms with Crippen LogP contribution in [-0.2, 0) is 10.0 Å². The second-order valence-electron chi connectivity index (χ2n) is 3.90. The number of phenolic OH excluding ortho intramolecular Hbond substituents is 1. The van der Waals surface area contributed by atoms with Gasteiger partial charge in [0.1, 0.15) is 5.75 Å². The Morgan fingerprint density at radius 1 is 1.47 bits per heavy atom. The third-order valence-corrected chi connectivity index (χ3v) is 5.24. The second kappa shape index (κ2) is 4.75. The van der Waals surface area contributed by atoms with Crippen LogP contribution in [0.15, 0.2) is 23.1 Å². The number of nitrogens with two attached hydrogens (primary N) is 1. The summed E-state index contributed by atoms with van der Waals surface area (Å²) >= 11 is 1.73. The summed E-state index contributed by atoms with van der Waals surface area (Å²) in [5.74, 6) is 1.66. The lowest BCUT2D eigenvalue weighted by Gasteiger charge is -2.12. The zero-order valence-corrected chi connectivity index (χ0v) is 10.7. The highest BCUT2D eigenvalue weighted by Crippen LogP contribution is 2.24. The monoisotopic (exact) mass is 274 g/mol. The standard InChI is InChI=1S/C10H14N2O3S2/c11-9-5-8(1-2-10(9)13)17(14,15)12-7-3-4-16-6-7/h1-2,5,7,12-13H,3-4,6,11H2. The molecule has 1 saturated heterocycles. The Balaban J connectivity index is 2.21. The number of thioether (sulfide) groups is 1. The van der Waals surface area contributed by atoms with Crippen LogP contribution in [0.5, 0.6) is 5.75 Å². The molecule has 1 aromatic carbocycles. The van der Waals surface area contributed by atoms with Crippen molar-refractivity contribution in [2.24, 2.45) is 0 Å². The topological polar surface area (TPSA) is 92.4 Å². The summed E-state index contributed by atoms with van der Waals surface area (Å²) in [6.07, 6.45) is 0.845. The van der Waals surface area contributed by atoms with Crippen LogP contribution in [-0.4, -0.2) is 31.1 Å². The van der Waals surface area contributed by atoms with Crippen LogP contribution in [0.3, 0.4) is 0 Å². The predicted molar refractivity (Wildman–Crippen MR) is 68.6 cm³/mol. The number of hydrogen-bond acceptors (Lipinski definition) is 5. The van der Waals surface area contributed by atoms with Crippen LogP contribution in [0.2, 0.25) is 0 Å². The zero-order chi connectivity index (χ0) is 12.5. The van der Waals surface area contributed by atoms with Gasteiger partial charge in [-0.2, -0.15) is 11.8 Å². The minimum absolute atomic E-state index is 0.0139. The molecule has 0 saturated carbocycles. The number of hydrogen-bond donors (Lipinski definition) is 3. The Morgan fingerprint density at radius 3 is 2.82 bits per heavy atom. The van der Waals surface area contributed by atoms with E-state index in [1.165, 1.54) is 18.2 Å². The first-order chi connectivity index (χ1) is 7.99. The number of sulfonamides is 1. The summed E-state index contributed by atoms with van der Waals surface area (Å²) in [5.41, 5.74) is 5.54. The first-order valence-corrected chi connectivity index (χ1v) is 7.81. The van der Waals surface area contributed by atoms with E-state index in [0.29, 0.717) is 0 Å². The summed E-state index contributed by atoms with van der Waals surface area (Å²) in [6, 6.07) is 3.88. The van der Waals surface area contributed by atoms with E-state index in [1.807, 2.05) is 0 Å². The van der Waals surface area contributed by atoms with E-state index in [-0.39, 0.29) is 22.4 Å². The van der Waals surface area contributed by atoms with Crippen molar-refractivity contribution in [3.63, 3.8) is 0 Å². The van der Waals surface area contributed by atoms with Gasteiger partial charge in [-0.05, 0) is 30.4 Å². The van der Waals surface area contributed by atoms with Crippen molar-refractivity contribution in [2.75, 3.05) is 17.2 Å². The first-order valence-electron chi connectivity index (χ1n) is 5.17. The fourth-order valence-corrected chi connectivity index (χ4v) is 4.18. The molecule has 5 nitrogen and oxygen atoms in total. The third-order valence-electron chi connectivity index (χ3n) is 2.56. The molecule has 94 valence electrons. The molecule has 0 amide bonds. The average molecular weight is 274 g/mol. The minimum Gasteiger partial charge on any atom is -0.506 e. The second-order valence-corrected chi connectivity index (χ2v) is 6.77. The number of nitrogens with one attached hydrogen (secondary N) is 1. The van der Waals surface area contributed by atoms with E-state index in [9.17, 15) is 13.5 Å². The zero-order valence-electron chi connectivity index (χ0n) is 9.09. The SMILES string of the molecule is Nc1cc(S(=O)(=O)NC2CCSC2)ccc1O. The first kappa shape index (κ1) is 12.5. The molecule has 1 unspecified atom stereocenters. The van der Waals surface area contributed by atoms with Gasteiger partial charge in [-0.25, -0.2) is 13.1 Å². The minimum atomic E-state index is -3.54. The third kappa shape index (κ3) is 2.85. The molecule has 7 heteroatoms. The van der Waals surface area contributed by atoms with Gasteiger partial charge in [-0.1, -0.05) is 0 Å². The van der Waals surface area contributed by atoms with Gasteiger partial charge in [0.25, 0.3) is 0 Å². The maximum absolute atomic E-state index is 12.0. The molecule has 0 aliphatic carbocycles. The van der Waals surface area contributed by atoms with Crippen LogP contribution in [0.1, 0.15) is 6.42 Å². The summed E-state index contributed by atoms with van der Waals surface area (Å²) in [4.78, 5) is 0.0877. The van der Waals surface area contributed by atoms with Crippen molar-refractivity contribution in [3.05, 3.63) is 18.2 Å². The molecule has 1 atom stereocenters. The molecular formula is C10H14N2O3S2. The number of aromatic hydroxyl groups is 1. The lowest BCUT2D eigenvalue weighted by Crippen LogP contribution is -2.34. The Hall–Kier alpha value is -0.920. The Labute approximate surface area is 104 Å². The van der Waals surface area contributed by atoms with Gasteiger partial charge in [0.2, 0.25) is 10.0 Å². The lowest BCUT2D eigenvalue weighted by molar-refractivity contribution is 0.477. The molecule has 1 fully saturated rings. The highest BCUT2D eigenvalue weighted by atomic mass is 32.2. The molecular weight excluding hydrogens is 260 g/mol. The molecule has 0 bridgehead atoms. The van der Waals surface area contributed by atoms with E-state index < -0.39 is 10.0 Å². The van der Waals surface area contributed by atoms with Crippen molar-refractivity contribution in [2.45, 2.75) is 17.4 Å². The number of nitrogen functional groups attached to an aromatic ring is 1. The van der Waals surface area contributed by atoms with Gasteiger partial charge in [0.15, 0.2) is 0 Å². The fraction of sp³-hybridized carbons (Fsp3) is 0.400. The maximum Gasteiger partial charge on any atom is 0.240 e. The van der Waals surface area contributed by atoms with Gasteiger partial charge in [0, 0.05) is 11.8 Å². The van der Waals surface area contributed by atoms with Gasteiger partial charge in [-0.3, -0.25) is 0 Å². The highest BCUT2D eigenvalue weighted by Gasteiger charge is 2.23. The molecule has 4 N–H and O–H groups in total. The maximum atomic E-state index is 12.0. The van der Waals surface area contributed by atoms with Crippen LogP contribution < -0.4 is 10.5 Å². The molecule has 0 radical (unpaired) electrons. The van der Waals surface area contributed by atoms with E-state index in [0.717, 1.165) is 17.9 Å². The molecule has 1 aliphatic rings. The smallest absolute Gasteiger partial charge is 0.240 e. The number of phenols is 1. The van der Waals surface area contributed by atoms with Crippen molar-refractivity contribution in [3.8, 4) is 5.75 Å². The number of benzene rings is 1. The van der Waals surface area contributed by atoms with Crippen molar-refractivity contribution in [1.29, 1.82) is 0 Å². The van der Waals surface area contributed by atoms with Crippen molar-refractivity contribution < 1.29 is 13.5 Å². The number of rotatable bonds is 3. The molecule has 0 aromatic heterocycles. The van der Waals surface area contributed by atoms with Gasteiger partial charge < -0.3 is 10.8 Å². The van der Waals surface area contributed by atoms with E-state index in [2.05, 4.69) is 4.72 Å². The van der Waals surface area contributed by atoms with Crippen LogP contribution >= 0.6 is 11.8 Å². The molecule has 1 aromatic rings. The Bertz CT molecular complexity index is 510. The molecule has 1 aliphatic heterocycles. The van der Waals surface area contributed by atoms with E-state index in [4.69, 9.17) is 5.73 Å². The van der Waals surface area contributed by atoms with Crippen LogP contribution in [0.25, 0.3) is 0 Å². The van der Waals surface area contributed by atoms with Crippen molar-refractivity contribution in [1.82, 2.24) is 4.72 Å². The molecule has 2 rings (SSSR count). The largest absolute Gasteiger partial charge is 0.506 e. The lowest BCUT2D eigenvalue weighted by atomic mass is 10.3. The molecule has 1 heterocycles. The van der Waals surface area contributed by atoms with Crippen LogP contribution in [0, 0.1) is 0 Å². The van der Waals surface area contributed by atoms with Crippen molar-refractivity contribution >= 4 is 27.5 Å². The van der Waals surface area contributed by atoms with Gasteiger partial charge in [-0.15, -0.1) is 0 Å². The molecule has 17 heavy (non-hydrogen) atoms. The summed E-state index contributed by atoms with van der Waals surface area (Å²) in [5, 5.41) is 9.25. The van der Waals surface area contributed by atoms with Gasteiger partial charge >= 0.3 is 0 Å². The predicted octanol–water partition coefficient (Wildman–Crippen LogP) is 0.758. The number of anilines is 1. The quantitative estimate of drug-likeness (QED) is 0.559. The molecule has 0 spiro atoms. The van der Waals surface area contributed by atoms with Gasteiger partial charge in [0.05, 0.1) is 10.6 Å². The summed E-state index contributed by atoms with van der Waals surface area (Å²) in [7, 11) is -3.54. The Kier molecular flexibility index (Phi) is 3.50. The fourth-order valence-electron chi connectivity index (χ4n) is 1.61. The average Bonchev–Trinajstić information content (AvgIpc) is 2.73. The van der Waals surface area contributed by atoms with Crippen LogP contribution in [0.4, 0.5) is 5.69 Å². The highest BCUT2D eigenvalue weighted by molar-refractivity contribution is 7.99. The summed E-state index contributed by atoms with van der Waals surface area (Å²) in [6.45, 7) is 0. The normalized spacial score (nSPS) is 20.6. The van der Waals surface area contributed by atoms with E-state index in [1.54, 1.807) is 11.8 Å². The summed E-state index contributed by atoms with van der Waals surface area (Å²) < 4.78 is 26.6.